The summed E-state index contributed by atoms with van der Waals surface area (Å²) in [5, 5.41) is 3.25. The molecular formula is C15H20F3N. The van der Waals surface area contributed by atoms with E-state index >= 15 is 0 Å². The van der Waals surface area contributed by atoms with Crippen molar-refractivity contribution in [3.8, 4) is 0 Å². The molecule has 1 nitrogen and oxygen atoms in total. The normalized spacial score (nSPS) is 22.5. The van der Waals surface area contributed by atoms with Crippen LogP contribution in [0.15, 0.2) is 12.1 Å². The minimum Gasteiger partial charge on any atom is -0.310 e. The quantitative estimate of drug-likeness (QED) is 0.814. The van der Waals surface area contributed by atoms with Crippen molar-refractivity contribution < 1.29 is 13.2 Å². The van der Waals surface area contributed by atoms with Gasteiger partial charge in [0.2, 0.25) is 0 Å². The lowest BCUT2D eigenvalue weighted by molar-refractivity contribution is 0.197. The SMILES string of the molecule is CC1(C)CCCC(NCc2cc(F)c(F)cc2F)C1. The highest BCUT2D eigenvalue weighted by atomic mass is 19.2. The van der Waals surface area contributed by atoms with Crippen molar-refractivity contribution >= 4 is 0 Å². The zero-order valence-corrected chi connectivity index (χ0v) is 11.4. The maximum absolute atomic E-state index is 13.5. The Bertz CT molecular complexity index is 457. The molecule has 1 fully saturated rings. The molecule has 0 bridgehead atoms. The predicted molar refractivity (Wildman–Crippen MR) is 69.2 cm³/mol. The van der Waals surface area contributed by atoms with E-state index in [1.165, 1.54) is 6.42 Å². The zero-order chi connectivity index (χ0) is 14.0. The van der Waals surface area contributed by atoms with Crippen LogP contribution < -0.4 is 5.32 Å². The van der Waals surface area contributed by atoms with Gasteiger partial charge >= 0.3 is 0 Å². The molecule has 1 aromatic rings. The molecule has 0 spiro atoms. The van der Waals surface area contributed by atoms with Crippen molar-refractivity contribution in [2.45, 2.75) is 52.1 Å². The van der Waals surface area contributed by atoms with E-state index in [4.69, 9.17) is 0 Å². The summed E-state index contributed by atoms with van der Waals surface area (Å²) in [4.78, 5) is 0. The molecule has 0 aliphatic heterocycles. The largest absolute Gasteiger partial charge is 0.310 e. The highest BCUT2D eigenvalue weighted by Gasteiger charge is 2.27. The minimum atomic E-state index is -1.14. The van der Waals surface area contributed by atoms with Crippen LogP contribution in [0, 0.1) is 22.9 Å². The molecule has 1 aliphatic rings. The van der Waals surface area contributed by atoms with E-state index in [1.54, 1.807) is 0 Å². The lowest BCUT2D eigenvalue weighted by atomic mass is 9.75. The van der Waals surface area contributed by atoms with Crippen molar-refractivity contribution in [3.05, 3.63) is 35.1 Å². The van der Waals surface area contributed by atoms with E-state index in [0.29, 0.717) is 17.5 Å². The van der Waals surface area contributed by atoms with E-state index in [1.807, 2.05) is 0 Å². The van der Waals surface area contributed by atoms with Crippen molar-refractivity contribution in [2.75, 3.05) is 0 Å². The number of nitrogens with one attached hydrogen (secondary N) is 1. The first kappa shape index (κ1) is 14.4. The summed E-state index contributed by atoms with van der Waals surface area (Å²) in [5.74, 6) is -2.83. The van der Waals surface area contributed by atoms with Crippen LogP contribution in [0.5, 0.6) is 0 Å². The average Bonchev–Trinajstić information content (AvgIpc) is 2.31. The molecule has 1 N–H and O–H groups in total. The van der Waals surface area contributed by atoms with Gasteiger partial charge in [0.25, 0.3) is 0 Å². The van der Waals surface area contributed by atoms with Gasteiger partial charge in [-0.1, -0.05) is 20.3 Å². The molecule has 2 rings (SSSR count). The molecule has 0 aromatic heterocycles. The van der Waals surface area contributed by atoms with Crippen molar-refractivity contribution in [3.63, 3.8) is 0 Å². The van der Waals surface area contributed by atoms with Crippen molar-refractivity contribution in [2.24, 2.45) is 5.41 Å². The molecule has 1 unspecified atom stereocenters. The Balaban J connectivity index is 1.97. The van der Waals surface area contributed by atoms with E-state index < -0.39 is 17.5 Å². The van der Waals surface area contributed by atoms with Crippen LogP contribution >= 0.6 is 0 Å². The monoisotopic (exact) mass is 271 g/mol. The summed E-state index contributed by atoms with van der Waals surface area (Å²) >= 11 is 0. The van der Waals surface area contributed by atoms with Crippen LogP contribution in [0.25, 0.3) is 0 Å². The number of benzene rings is 1. The average molecular weight is 271 g/mol. The minimum absolute atomic E-state index is 0.183. The van der Waals surface area contributed by atoms with Gasteiger partial charge in [0.05, 0.1) is 0 Å². The third-order valence-corrected chi connectivity index (χ3v) is 3.88. The van der Waals surface area contributed by atoms with E-state index in [2.05, 4.69) is 19.2 Å². The van der Waals surface area contributed by atoms with Crippen LogP contribution in [-0.2, 0) is 6.54 Å². The molecule has 1 aromatic carbocycles. The Morgan fingerprint density at radius 3 is 2.53 bits per heavy atom. The van der Waals surface area contributed by atoms with Gasteiger partial charge in [0.1, 0.15) is 5.82 Å². The highest BCUT2D eigenvalue weighted by molar-refractivity contribution is 5.20. The van der Waals surface area contributed by atoms with Gasteiger partial charge in [0, 0.05) is 24.2 Å². The number of hydrogen-bond acceptors (Lipinski definition) is 1. The van der Waals surface area contributed by atoms with E-state index in [0.717, 1.165) is 25.3 Å². The fourth-order valence-corrected chi connectivity index (χ4v) is 2.83. The maximum atomic E-state index is 13.5. The predicted octanol–water partition coefficient (Wildman–Crippen LogP) is 4.16. The number of halogens is 3. The summed E-state index contributed by atoms with van der Waals surface area (Å²) in [6, 6.07) is 1.86. The van der Waals surface area contributed by atoms with Crippen LogP contribution in [0.3, 0.4) is 0 Å². The Labute approximate surface area is 112 Å². The summed E-state index contributed by atoms with van der Waals surface area (Å²) in [6.07, 6.45) is 4.42. The first-order chi connectivity index (χ1) is 8.87. The van der Waals surface area contributed by atoms with Gasteiger partial charge in [0.15, 0.2) is 11.6 Å². The Morgan fingerprint density at radius 1 is 1.16 bits per heavy atom. The Kier molecular flexibility index (Phi) is 4.19. The van der Waals surface area contributed by atoms with Crippen molar-refractivity contribution in [1.82, 2.24) is 5.32 Å². The molecule has 0 amide bonds. The molecule has 1 saturated carbocycles. The molecule has 0 saturated heterocycles. The molecule has 0 heterocycles. The van der Waals surface area contributed by atoms with Crippen molar-refractivity contribution in [1.29, 1.82) is 0 Å². The summed E-state index contributed by atoms with van der Waals surface area (Å²) in [5.41, 5.74) is 0.477. The lowest BCUT2D eigenvalue weighted by Gasteiger charge is -2.35. The topological polar surface area (TPSA) is 12.0 Å². The van der Waals surface area contributed by atoms with Gasteiger partial charge < -0.3 is 5.32 Å². The summed E-state index contributed by atoms with van der Waals surface area (Å²) in [6.45, 7) is 4.68. The fraction of sp³-hybridized carbons (Fsp3) is 0.600. The van der Waals surface area contributed by atoms with E-state index in [-0.39, 0.29) is 12.1 Å². The summed E-state index contributed by atoms with van der Waals surface area (Å²) in [7, 11) is 0. The molecule has 19 heavy (non-hydrogen) atoms. The molecular weight excluding hydrogens is 251 g/mol. The lowest BCUT2D eigenvalue weighted by Crippen LogP contribution is -2.37. The maximum Gasteiger partial charge on any atom is 0.161 e. The molecule has 4 heteroatoms. The van der Waals surface area contributed by atoms with Crippen LogP contribution in [-0.4, -0.2) is 6.04 Å². The van der Waals surface area contributed by atoms with Gasteiger partial charge in [-0.15, -0.1) is 0 Å². The standard InChI is InChI=1S/C15H20F3N/c1-15(2)5-3-4-11(8-15)19-9-10-6-13(17)14(18)7-12(10)16/h6-7,11,19H,3-5,8-9H2,1-2H3. The molecule has 1 atom stereocenters. The second-order valence-electron chi connectivity index (χ2n) is 6.20. The van der Waals surface area contributed by atoms with Crippen LogP contribution in [0.2, 0.25) is 0 Å². The van der Waals surface area contributed by atoms with Crippen LogP contribution in [0.1, 0.15) is 45.1 Å². The first-order valence-corrected chi connectivity index (χ1v) is 6.74. The Morgan fingerprint density at radius 2 is 1.84 bits per heavy atom. The number of rotatable bonds is 3. The molecule has 0 radical (unpaired) electrons. The third-order valence-electron chi connectivity index (χ3n) is 3.88. The second kappa shape index (κ2) is 5.53. The van der Waals surface area contributed by atoms with Gasteiger partial charge in [-0.2, -0.15) is 0 Å². The van der Waals surface area contributed by atoms with Gasteiger partial charge in [-0.3, -0.25) is 0 Å². The molecule has 1 aliphatic carbocycles. The van der Waals surface area contributed by atoms with Crippen LogP contribution in [0.4, 0.5) is 13.2 Å². The highest BCUT2D eigenvalue weighted by Crippen LogP contribution is 2.35. The molecule has 106 valence electrons. The fourth-order valence-electron chi connectivity index (χ4n) is 2.83. The van der Waals surface area contributed by atoms with Gasteiger partial charge in [-0.25, -0.2) is 13.2 Å². The first-order valence-electron chi connectivity index (χ1n) is 6.74. The third kappa shape index (κ3) is 3.72. The summed E-state index contributed by atoms with van der Waals surface area (Å²) < 4.78 is 39.4. The Hall–Kier alpha value is -1.03. The smallest absolute Gasteiger partial charge is 0.161 e. The van der Waals surface area contributed by atoms with Gasteiger partial charge in [-0.05, 0) is 30.7 Å². The van der Waals surface area contributed by atoms with E-state index in [9.17, 15) is 13.2 Å². The second-order valence-corrected chi connectivity index (χ2v) is 6.20. The zero-order valence-electron chi connectivity index (χ0n) is 11.4. The number of hydrogen-bond donors (Lipinski definition) is 1.